The van der Waals surface area contributed by atoms with E-state index in [1.165, 1.54) is 4.31 Å². The first-order valence-electron chi connectivity index (χ1n) is 10.1. The number of sulfonamides is 1. The molecule has 0 radical (unpaired) electrons. The summed E-state index contributed by atoms with van der Waals surface area (Å²) in [5, 5.41) is 3.33. The number of benzene rings is 1. The molecule has 0 spiro atoms. The lowest BCUT2D eigenvalue weighted by molar-refractivity contribution is -0.144. The molecule has 1 aromatic carbocycles. The zero-order valence-electron chi connectivity index (χ0n) is 16.7. The Kier molecular flexibility index (Phi) is 6.29. The van der Waals surface area contributed by atoms with Crippen molar-refractivity contribution in [3.63, 3.8) is 0 Å². The van der Waals surface area contributed by atoms with Gasteiger partial charge in [-0.15, -0.1) is 0 Å². The van der Waals surface area contributed by atoms with E-state index in [1.807, 2.05) is 15.9 Å². The molecule has 0 aliphatic carbocycles. The number of carbonyl (C=O) groups is 1. The largest absolute Gasteiger partial charge is 0.344 e. The zero-order chi connectivity index (χ0) is 21.2. The average Bonchev–Trinajstić information content (AvgIpc) is 2.80. The lowest BCUT2D eigenvalue weighted by atomic mass is 9.84. The summed E-state index contributed by atoms with van der Waals surface area (Å²) in [7, 11) is -3.56. The van der Waals surface area contributed by atoms with E-state index in [0.717, 1.165) is 17.6 Å². The fraction of sp³-hybridized carbons (Fsp3) is 0.500. The van der Waals surface area contributed by atoms with E-state index in [0.29, 0.717) is 45.6 Å². The standard InChI is InChI=1S/C20H26BrN5O3S/c21-17-2-4-18(5-3-17)30(28,29)26-14-12-24(13-15-26)19(27)20(6-9-22-10-7-20)25-11-1-8-23-16-25/h1-5,8,16,22H,6-7,9-15H2. The number of nitrogens with zero attached hydrogens (tertiary/aromatic N) is 4. The van der Waals surface area contributed by atoms with Gasteiger partial charge in [-0.05, 0) is 56.3 Å². The Balaban J connectivity index is 1.47. The van der Waals surface area contributed by atoms with Crippen molar-refractivity contribution in [1.82, 2.24) is 19.4 Å². The second-order valence-corrected chi connectivity index (χ2v) is 10.6. The molecule has 0 atom stereocenters. The maximum Gasteiger partial charge on any atom is 0.248 e. The van der Waals surface area contributed by atoms with Crippen molar-refractivity contribution in [2.75, 3.05) is 45.8 Å². The van der Waals surface area contributed by atoms with Crippen LogP contribution in [0.15, 0.2) is 50.9 Å². The van der Waals surface area contributed by atoms with Crippen LogP contribution in [-0.2, 0) is 14.8 Å². The van der Waals surface area contributed by atoms with Gasteiger partial charge in [0.25, 0.3) is 0 Å². The number of hydrogen-bond acceptors (Lipinski definition) is 6. The van der Waals surface area contributed by atoms with E-state index in [9.17, 15) is 13.2 Å². The molecule has 2 fully saturated rings. The van der Waals surface area contributed by atoms with Crippen molar-refractivity contribution in [3.8, 4) is 0 Å². The maximum atomic E-state index is 13.6. The van der Waals surface area contributed by atoms with Crippen molar-refractivity contribution in [2.24, 2.45) is 4.99 Å². The van der Waals surface area contributed by atoms with Crippen molar-refractivity contribution in [2.45, 2.75) is 23.3 Å². The van der Waals surface area contributed by atoms with Crippen LogP contribution in [0.25, 0.3) is 0 Å². The number of halogens is 1. The summed E-state index contributed by atoms with van der Waals surface area (Å²) < 4.78 is 28.2. The van der Waals surface area contributed by atoms with Crippen LogP contribution in [0.2, 0.25) is 0 Å². The predicted octanol–water partition coefficient (Wildman–Crippen LogP) is 1.26. The average molecular weight is 496 g/mol. The molecule has 0 bridgehead atoms. The first kappa shape index (κ1) is 21.5. The highest BCUT2D eigenvalue weighted by atomic mass is 79.9. The molecule has 3 aliphatic heterocycles. The summed E-state index contributed by atoms with van der Waals surface area (Å²) in [6.45, 7) is 3.59. The molecule has 0 unspecified atom stereocenters. The molecule has 162 valence electrons. The smallest absolute Gasteiger partial charge is 0.248 e. The third kappa shape index (κ3) is 4.05. The summed E-state index contributed by atoms with van der Waals surface area (Å²) in [4.78, 5) is 22.0. The minimum absolute atomic E-state index is 0.0754. The molecule has 3 aliphatic rings. The van der Waals surface area contributed by atoms with Crippen LogP contribution in [0.3, 0.4) is 0 Å². The second kappa shape index (κ2) is 8.78. The lowest BCUT2D eigenvalue weighted by Gasteiger charge is -2.48. The van der Waals surface area contributed by atoms with Crippen molar-refractivity contribution in [3.05, 3.63) is 41.0 Å². The second-order valence-electron chi connectivity index (χ2n) is 7.73. The molecular formula is C20H26BrN5O3S. The molecule has 0 saturated carbocycles. The third-order valence-electron chi connectivity index (χ3n) is 6.06. The zero-order valence-corrected chi connectivity index (χ0v) is 19.1. The summed E-state index contributed by atoms with van der Waals surface area (Å²) in [6, 6.07) is 6.65. The van der Waals surface area contributed by atoms with Crippen LogP contribution in [0, 0.1) is 0 Å². The number of piperazine rings is 1. The minimum Gasteiger partial charge on any atom is -0.344 e. The molecule has 1 aromatic rings. The Morgan fingerprint density at radius 2 is 1.73 bits per heavy atom. The van der Waals surface area contributed by atoms with Crippen LogP contribution in [0.4, 0.5) is 0 Å². The Bertz CT molecular complexity index is 934. The van der Waals surface area contributed by atoms with Gasteiger partial charge in [-0.3, -0.25) is 4.79 Å². The third-order valence-corrected chi connectivity index (χ3v) is 8.50. The molecule has 1 N–H and O–H groups in total. The van der Waals surface area contributed by atoms with Gasteiger partial charge in [0.2, 0.25) is 15.9 Å². The SMILES string of the molecule is O=C(N1CCN(S(=O)(=O)c2ccc(Br)cc2)CC1)C1(N2C=NC=CC2)CCNCC1. The Hall–Kier alpha value is -1.75. The quantitative estimate of drug-likeness (QED) is 0.679. The first-order valence-corrected chi connectivity index (χ1v) is 12.4. The summed E-state index contributed by atoms with van der Waals surface area (Å²) in [5.41, 5.74) is -0.619. The van der Waals surface area contributed by atoms with E-state index in [4.69, 9.17) is 0 Å². The van der Waals surface area contributed by atoms with Crippen molar-refractivity contribution >= 4 is 38.2 Å². The van der Waals surface area contributed by atoms with Gasteiger partial charge in [0.15, 0.2) is 0 Å². The van der Waals surface area contributed by atoms with Crippen LogP contribution in [-0.4, -0.2) is 86.1 Å². The lowest BCUT2D eigenvalue weighted by Crippen LogP contribution is -2.65. The Morgan fingerprint density at radius 3 is 2.33 bits per heavy atom. The van der Waals surface area contributed by atoms with Crippen LogP contribution in [0.1, 0.15) is 12.8 Å². The van der Waals surface area contributed by atoms with Crippen molar-refractivity contribution < 1.29 is 13.2 Å². The fourth-order valence-corrected chi connectivity index (χ4v) is 6.01. The van der Waals surface area contributed by atoms with E-state index >= 15 is 0 Å². The number of hydrogen-bond donors (Lipinski definition) is 1. The summed E-state index contributed by atoms with van der Waals surface area (Å²) >= 11 is 3.33. The number of carbonyl (C=O) groups excluding carboxylic acids is 1. The van der Waals surface area contributed by atoms with Gasteiger partial charge in [0, 0.05) is 43.4 Å². The number of rotatable bonds is 4. The Morgan fingerprint density at radius 1 is 1.07 bits per heavy atom. The molecule has 10 heteroatoms. The van der Waals surface area contributed by atoms with Gasteiger partial charge in [0.1, 0.15) is 5.54 Å². The molecular weight excluding hydrogens is 470 g/mol. The summed E-state index contributed by atoms with van der Waals surface area (Å²) in [6.07, 6.45) is 6.89. The molecule has 8 nitrogen and oxygen atoms in total. The highest BCUT2D eigenvalue weighted by Gasteiger charge is 2.47. The van der Waals surface area contributed by atoms with Gasteiger partial charge in [0.05, 0.1) is 11.2 Å². The van der Waals surface area contributed by atoms with Crippen molar-refractivity contribution in [1.29, 1.82) is 0 Å². The number of aliphatic imine (C=N–C) groups is 1. The molecule has 0 aromatic heterocycles. The van der Waals surface area contributed by atoms with E-state index in [-0.39, 0.29) is 10.8 Å². The van der Waals surface area contributed by atoms with Crippen LogP contribution >= 0.6 is 15.9 Å². The topological polar surface area (TPSA) is 85.3 Å². The summed E-state index contributed by atoms with van der Waals surface area (Å²) in [5.74, 6) is 0.0754. The molecule has 3 heterocycles. The normalized spacial score (nSPS) is 22.3. The van der Waals surface area contributed by atoms with Crippen LogP contribution < -0.4 is 5.32 Å². The first-order chi connectivity index (χ1) is 14.4. The molecule has 1 amide bonds. The van der Waals surface area contributed by atoms with E-state index < -0.39 is 15.6 Å². The Labute approximate surface area is 185 Å². The molecule has 4 rings (SSSR count). The van der Waals surface area contributed by atoms with E-state index in [2.05, 4.69) is 26.2 Å². The van der Waals surface area contributed by atoms with Gasteiger partial charge in [-0.2, -0.15) is 4.31 Å². The van der Waals surface area contributed by atoms with Gasteiger partial charge >= 0.3 is 0 Å². The number of nitrogens with one attached hydrogen (secondary N) is 1. The van der Waals surface area contributed by atoms with Gasteiger partial charge in [-0.25, -0.2) is 13.4 Å². The van der Waals surface area contributed by atoms with Crippen LogP contribution in [0.5, 0.6) is 0 Å². The minimum atomic E-state index is -3.56. The maximum absolute atomic E-state index is 13.6. The molecule has 30 heavy (non-hydrogen) atoms. The van der Waals surface area contributed by atoms with E-state index in [1.54, 1.807) is 36.8 Å². The molecule has 2 saturated heterocycles. The number of piperidine rings is 1. The van der Waals surface area contributed by atoms with Gasteiger partial charge in [-0.1, -0.05) is 15.9 Å². The van der Waals surface area contributed by atoms with Gasteiger partial charge < -0.3 is 15.1 Å². The number of amides is 1. The predicted molar refractivity (Wildman–Crippen MR) is 119 cm³/mol. The highest BCUT2D eigenvalue weighted by molar-refractivity contribution is 9.10. The highest BCUT2D eigenvalue weighted by Crippen LogP contribution is 2.30. The monoisotopic (exact) mass is 495 g/mol. The fourth-order valence-electron chi connectivity index (χ4n) is 4.32.